The second-order valence-electron chi connectivity index (χ2n) is 4.31. The highest BCUT2D eigenvalue weighted by molar-refractivity contribution is 7.92. The first kappa shape index (κ1) is 15.3. The number of nitrogens with zero attached hydrogens (tertiary/aromatic N) is 1. The lowest BCUT2D eigenvalue weighted by Crippen LogP contribution is -2.15. The molecule has 8 heteroatoms. The van der Waals surface area contributed by atoms with Crippen LogP contribution in [0.2, 0.25) is 0 Å². The average molecular weight is 325 g/mol. The van der Waals surface area contributed by atoms with Crippen LogP contribution in [0, 0.1) is 12.7 Å². The Kier molecular flexibility index (Phi) is 4.19. The Labute approximate surface area is 127 Å². The first-order chi connectivity index (χ1) is 9.79. The van der Waals surface area contributed by atoms with Crippen molar-refractivity contribution in [3.63, 3.8) is 0 Å². The van der Waals surface area contributed by atoms with Gasteiger partial charge >= 0.3 is 0 Å². The SMILES string of the molecule is Cc1ccc(NS(=O)(=O)c2ccc(C(N)=S)nc2)cc1F. The lowest BCUT2D eigenvalue weighted by Gasteiger charge is -2.09. The number of sulfonamides is 1. The fourth-order valence-corrected chi connectivity index (χ4v) is 2.67. The molecule has 0 radical (unpaired) electrons. The van der Waals surface area contributed by atoms with Gasteiger partial charge in [0.15, 0.2) is 0 Å². The summed E-state index contributed by atoms with van der Waals surface area (Å²) in [5, 5.41) is 0. The molecule has 0 aliphatic carbocycles. The van der Waals surface area contributed by atoms with Crippen LogP contribution in [0.1, 0.15) is 11.3 Å². The molecule has 0 saturated carbocycles. The maximum Gasteiger partial charge on any atom is 0.263 e. The summed E-state index contributed by atoms with van der Waals surface area (Å²) in [5.74, 6) is -0.489. The number of nitrogens with one attached hydrogen (secondary N) is 1. The fraction of sp³-hybridized carbons (Fsp3) is 0.0769. The van der Waals surface area contributed by atoms with E-state index in [0.29, 0.717) is 11.3 Å². The molecule has 0 fully saturated rings. The molecule has 0 bridgehead atoms. The minimum absolute atomic E-state index is 0.0662. The van der Waals surface area contributed by atoms with Gasteiger partial charge in [-0.25, -0.2) is 12.8 Å². The molecule has 21 heavy (non-hydrogen) atoms. The summed E-state index contributed by atoms with van der Waals surface area (Å²) in [6, 6.07) is 6.82. The molecule has 2 rings (SSSR count). The molecule has 3 N–H and O–H groups in total. The van der Waals surface area contributed by atoms with Crippen LogP contribution < -0.4 is 10.5 Å². The molecule has 0 aliphatic heterocycles. The van der Waals surface area contributed by atoms with Crippen LogP contribution >= 0.6 is 12.2 Å². The molecule has 0 amide bonds. The molecule has 1 aromatic heterocycles. The van der Waals surface area contributed by atoms with Gasteiger partial charge in [-0.05, 0) is 36.8 Å². The van der Waals surface area contributed by atoms with Gasteiger partial charge in [0, 0.05) is 6.20 Å². The van der Waals surface area contributed by atoms with Gasteiger partial charge in [-0.15, -0.1) is 0 Å². The second kappa shape index (κ2) is 5.74. The predicted octanol–water partition coefficient (Wildman–Crippen LogP) is 1.96. The molecular weight excluding hydrogens is 313 g/mol. The Hall–Kier alpha value is -2.06. The Morgan fingerprint density at radius 3 is 2.57 bits per heavy atom. The zero-order valence-electron chi connectivity index (χ0n) is 11.0. The number of aryl methyl sites for hydroxylation is 1. The van der Waals surface area contributed by atoms with Crippen LogP contribution in [0.25, 0.3) is 0 Å². The maximum absolute atomic E-state index is 13.4. The quantitative estimate of drug-likeness (QED) is 0.840. The third kappa shape index (κ3) is 3.53. The van der Waals surface area contributed by atoms with E-state index in [1.165, 1.54) is 24.3 Å². The van der Waals surface area contributed by atoms with Gasteiger partial charge in [0.25, 0.3) is 10.0 Å². The molecule has 0 atom stereocenters. The summed E-state index contributed by atoms with van der Waals surface area (Å²) in [6.45, 7) is 1.59. The van der Waals surface area contributed by atoms with Crippen LogP contribution in [0.5, 0.6) is 0 Å². The van der Waals surface area contributed by atoms with E-state index < -0.39 is 15.8 Å². The number of anilines is 1. The van der Waals surface area contributed by atoms with E-state index in [1.807, 2.05) is 0 Å². The summed E-state index contributed by atoms with van der Waals surface area (Å²) < 4.78 is 40.0. The van der Waals surface area contributed by atoms with E-state index in [4.69, 9.17) is 18.0 Å². The molecule has 110 valence electrons. The molecule has 0 aliphatic rings. The monoisotopic (exact) mass is 325 g/mol. The first-order valence-corrected chi connectivity index (χ1v) is 7.73. The van der Waals surface area contributed by atoms with E-state index in [9.17, 15) is 12.8 Å². The van der Waals surface area contributed by atoms with Crippen molar-refractivity contribution in [2.24, 2.45) is 5.73 Å². The standard InChI is InChI=1S/C13H12FN3O2S2/c1-8-2-3-9(6-11(8)14)17-21(18,19)10-4-5-12(13(15)20)16-7-10/h2-7,17H,1H3,(H2,15,20). The third-order valence-corrected chi connectivity index (χ3v) is 4.30. The molecule has 0 saturated heterocycles. The topological polar surface area (TPSA) is 85.1 Å². The summed E-state index contributed by atoms with van der Waals surface area (Å²) in [5.41, 5.74) is 6.28. The number of hydrogen-bond donors (Lipinski definition) is 2. The highest BCUT2D eigenvalue weighted by Gasteiger charge is 2.15. The van der Waals surface area contributed by atoms with Crippen molar-refractivity contribution in [2.75, 3.05) is 4.72 Å². The largest absolute Gasteiger partial charge is 0.388 e. The van der Waals surface area contributed by atoms with Gasteiger partial charge in [0.1, 0.15) is 15.7 Å². The third-order valence-electron chi connectivity index (χ3n) is 2.72. The Balaban J connectivity index is 2.29. The number of pyridine rings is 1. The van der Waals surface area contributed by atoms with Crippen molar-refractivity contribution in [2.45, 2.75) is 11.8 Å². The van der Waals surface area contributed by atoms with Gasteiger partial charge < -0.3 is 5.73 Å². The van der Waals surface area contributed by atoms with E-state index in [2.05, 4.69) is 9.71 Å². The molecular formula is C13H12FN3O2S2. The van der Waals surface area contributed by atoms with E-state index >= 15 is 0 Å². The predicted molar refractivity (Wildman–Crippen MR) is 82.1 cm³/mol. The Morgan fingerprint density at radius 2 is 2.05 bits per heavy atom. The summed E-state index contributed by atoms with van der Waals surface area (Å²) >= 11 is 4.74. The zero-order chi connectivity index (χ0) is 15.6. The van der Waals surface area contributed by atoms with Crippen molar-refractivity contribution in [3.05, 3.63) is 53.6 Å². The summed E-state index contributed by atoms with van der Waals surface area (Å²) in [7, 11) is -3.85. The van der Waals surface area contributed by atoms with Gasteiger partial charge in [0.05, 0.1) is 11.4 Å². The smallest absolute Gasteiger partial charge is 0.263 e. The minimum Gasteiger partial charge on any atom is -0.388 e. The van der Waals surface area contributed by atoms with Gasteiger partial charge in [0.2, 0.25) is 0 Å². The van der Waals surface area contributed by atoms with Crippen LogP contribution in [0.3, 0.4) is 0 Å². The van der Waals surface area contributed by atoms with Gasteiger partial charge in [-0.1, -0.05) is 18.3 Å². The summed E-state index contributed by atoms with van der Waals surface area (Å²) in [4.78, 5) is 3.87. The van der Waals surface area contributed by atoms with Crippen molar-refractivity contribution >= 4 is 32.9 Å². The average Bonchev–Trinajstić information content (AvgIpc) is 2.43. The van der Waals surface area contributed by atoms with Crippen molar-refractivity contribution in [3.8, 4) is 0 Å². The lowest BCUT2D eigenvalue weighted by molar-refractivity contribution is 0.600. The highest BCUT2D eigenvalue weighted by atomic mass is 32.2. The Morgan fingerprint density at radius 1 is 1.33 bits per heavy atom. The number of benzene rings is 1. The highest BCUT2D eigenvalue weighted by Crippen LogP contribution is 2.18. The molecule has 1 aromatic carbocycles. The molecule has 5 nitrogen and oxygen atoms in total. The maximum atomic E-state index is 13.4. The molecule has 1 heterocycles. The van der Waals surface area contributed by atoms with Crippen LogP contribution in [-0.4, -0.2) is 18.4 Å². The van der Waals surface area contributed by atoms with Crippen molar-refractivity contribution in [1.29, 1.82) is 0 Å². The normalized spacial score (nSPS) is 11.1. The second-order valence-corrected chi connectivity index (χ2v) is 6.44. The number of thiocarbonyl (C=S) groups is 1. The van der Waals surface area contributed by atoms with Gasteiger partial charge in [-0.2, -0.15) is 0 Å². The Bertz CT molecular complexity index is 790. The van der Waals surface area contributed by atoms with E-state index in [0.717, 1.165) is 12.3 Å². The minimum atomic E-state index is -3.85. The van der Waals surface area contributed by atoms with Crippen molar-refractivity contribution in [1.82, 2.24) is 4.98 Å². The van der Waals surface area contributed by atoms with E-state index in [1.54, 1.807) is 6.92 Å². The lowest BCUT2D eigenvalue weighted by atomic mass is 10.2. The first-order valence-electron chi connectivity index (χ1n) is 5.84. The van der Waals surface area contributed by atoms with Crippen LogP contribution in [0.15, 0.2) is 41.4 Å². The van der Waals surface area contributed by atoms with Gasteiger partial charge in [-0.3, -0.25) is 9.71 Å². The number of rotatable bonds is 4. The number of aromatic nitrogens is 1. The molecule has 2 aromatic rings. The fourth-order valence-electron chi connectivity index (χ4n) is 1.56. The van der Waals surface area contributed by atoms with Crippen LogP contribution in [-0.2, 0) is 10.0 Å². The summed E-state index contributed by atoms with van der Waals surface area (Å²) in [6.07, 6.45) is 1.14. The number of hydrogen-bond acceptors (Lipinski definition) is 4. The number of nitrogens with two attached hydrogens (primary N) is 1. The number of halogens is 1. The van der Waals surface area contributed by atoms with Crippen molar-refractivity contribution < 1.29 is 12.8 Å². The molecule has 0 unspecified atom stereocenters. The van der Waals surface area contributed by atoms with E-state index in [-0.39, 0.29) is 15.6 Å². The molecule has 0 spiro atoms. The van der Waals surface area contributed by atoms with Crippen LogP contribution in [0.4, 0.5) is 10.1 Å². The zero-order valence-corrected chi connectivity index (χ0v) is 12.6.